The van der Waals surface area contributed by atoms with Gasteiger partial charge in [0.05, 0.1) is 11.7 Å². The zero-order valence-electron chi connectivity index (χ0n) is 19.3. The van der Waals surface area contributed by atoms with Gasteiger partial charge in [-0.3, -0.25) is 14.3 Å². The minimum absolute atomic E-state index is 0.0541. The van der Waals surface area contributed by atoms with Crippen LogP contribution in [-0.2, 0) is 19.4 Å². The first-order chi connectivity index (χ1) is 16.6. The highest BCUT2D eigenvalue weighted by molar-refractivity contribution is 5.35. The SMILES string of the molecule is Cc1nc2c(c(=O)n1C(c1ccccc1)c1ccccc1)CCN(CCc1ccc(F)cc1)C2. The molecule has 0 bridgehead atoms. The lowest BCUT2D eigenvalue weighted by molar-refractivity contribution is 0.250. The summed E-state index contributed by atoms with van der Waals surface area (Å²) in [5, 5.41) is 0. The Morgan fingerprint density at radius 2 is 1.53 bits per heavy atom. The zero-order valence-corrected chi connectivity index (χ0v) is 19.3. The molecule has 34 heavy (non-hydrogen) atoms. The highest BCUT2D eigenvalue weighted by Crippen LogP contribution is 2.27. The van der Waals surface area contributed by atoms with Gasteiger partial charge in [-0.15, -0.1) is 0 Å². The van der Waals surface area contributed by atoms with Crippen molar-refractivity contribution in [3.63, 3.8) is 0 Å². The molecule has 1 aromatic heterocycles. The van der Waals surface area contributed by atoms with Gasteiger partial charge in [0.15, 0.2) is 0 Å². The molecule has 0 atom stereocenters. The fourth-order valence-electron chi connectivity index (χ4n) is 4.87. The van der Waals surface area contributed by atoms with Gasteiger partial charge in [-0.25, -0.2) is 9.37 Å². The highest BCUT2D eigenvalue weighted by atomic mass is 19.1. The van der Waals surface area contributed by atoms with Crippen molar-refractivity contribution in [3.05, 3.63) is 135 Å². The Labute approximate surface area is 199 Å². The van der Waals surface area contributed by atoms with Gasteiger partial charge in [-0.1, -0.05) is 72.8 Å². The summed E-state index contributed by atoms with van der Waals surface area (Å²) in [4.78, 5) is 21.1. The molecule has 172 valence electrons. The number of benzene rings is 3. The Bertz CT molecular complexity index is 1280. The molecular formula is C29H28FN3O. The predicted molar refractivity (Wildman–Crippen MR) is 132 cm³/mol. The molecule has 0 amide bonds. The number of aryl methyl sites for hydroxylation is 1. The van der Waals surface area contributed by atoms with Crippen molar-refractivity contribution in [2.75, 3.05) is 13.1 Å². The van der Waals surface area contributed by atoms with E-state index in [4.69, 9.17) is 4.98 Å². The molecule has 0 unspecified atom stereocenters. The van der Waals surface area contributed by atoms with E-state index in [0.29, 0.717) is 13.0 Å². The molecule has 5 rings (SSSR count). The number of fused-ring (bicyclic) bond motifs is 1. The van der Waals surface area contributed by atoms with Crippen LogP contribution in [0.2, 0.25) is 0 Å². The van der Waals surface area contributed by atoms with E-state index < -0.39 is 0 Å². The summed E-state index contributed by atoms with van der Waals surface area (Å²) in [7, 11) is 0. The van der Waals surface area contributed by atoms with Crippen molar-refractivity contribution in [3.8, 4) is 0 Å². The van der Waals surface area contributed by atoms with Gasteiger partial charge in [0.1, 0.15) is 11.6 Å². The van der Waals surface area contributed by atoms with Crippen molar-refractivity contribution in [1.82, 2.24) is 14.5 Å². The smallest absolute Gasteiger partial charge is 0.257 e. The van der Waals surface area contributed by atoms with Gasteiger partial charge in [-0.2, -0.15) is 0 Å². The zero-order chi connectivity index (χ0) is 23.5. The van der Waals surface area contributed by atoms with Gasteiger partial charge < -0.3 is 0 Å². The second kappa shape index (κ2) is 9.74. The van der Waals surface area contributed by atoms with Crippen molar-refractivity contribution in [1.29, 1.82) is 0 Å². The molecule has 0 aliphatic carbocycles. The molecule has 0 spiro atoms. The van der Waals surface area contributed by atoms with E-state index in [2.05, 4.69) is 29.2 Å². The normalized spacial score (nSPS) is 13.7. The van der Waals surface area contributed by atoms with Crippen LogP contribution < -0.4 is 5.56 Å². The summed E-state index contributed by atoms with van der Waals surface area (Å²) >= 11 is 0. The molecule has 3 aromatic carbocycles. The maximum Gasteiger partial charge on any atom is 0.257 e. The standard InChI is InChI=1S/C29H28FN3O/c1-21-31-27-20-32(18-16-22-12-14-25(30)15-13-22)19-17-26(27)29(34)33(21)28(23-8-4-2-5-9-23)24-10-6-3-7-11-24/h2-15,28H,16-20H2,1H3. The largest absolute Gasteiger partial charge is 0.297 e. The first-order valence-electron chi connectivity index (χ1n) is 11.8. The van der Waals surface area contributed by atoms with E-state index in [9.17, 15) is 9.18 Å². The van der Waals surface area contributed by atoms with E-state index in [1.165, 1.54) is 12.1 Å². The van der Waals surface area contributed by atoms with Crippen molar-refractivity contribution in [2.45, 2.75) is 32.4 Å². The summed E-state index contributed by atoms with van der Waals surface area (Å²) in [5.74, 6) is 0.512. The van der Waals surface area contributed by atoms with Crippen LogP contribution >= 0.6 is 0 Å². The van der Waals surface area contributed by atoms with Gasteiger partial charge in [0.25, 0.3) is 5.56 Å². The molecule has 0 fully saturated rings. The van der Waals surface area contributed by atoms with E-state index in [1.807, 2.05) is 60.0 Å². The lowest BCUT2D eigenvalue weighted by atomic mass is 9.97. The number of nitrogens with zero attached hydrogens (tertiary/aromatic N) is 3. The van der Waals surface area contributed by atoms with Crippen LogP contribution in [0.5, 0.6) is 0 Å². The first kappa shape index (κ1) is 22.2. The quantitative estimate of drug-likeness (QED) is 0.416. The lowest BCUT2D eigenvalue weighted by Crippen LogP contribution is -2.40. The summed E-state index contributed by atoms with van der Waals surface area (Å²) in [6.07, 6.45) is 1.52. The van der Waals surface area contributed by atoms with Crippen LogP contribution in [0, 0.1) is 12.7 Å². The van der Waals surface area contributed by atoms with E-state index in [0.717, 1.165) is 53.3 Å². The first-order valence-corrected chi connectivity index (χ1v) is 11.8. The van der Waals surface area contributed by atoms with Gasteiger partial charge in [0, 0.05) is 25.2 Å². The number of aromatic nitrogens is 2. The Balaban J connectivity index is 1.45. The molecule has 0 saturated carbocycles. The fourth-order valence-corrected chi connectivity index (χ4v) is 4.87. The maximum absolute atomic E-state index is 13.8. The molecular weight excluding hydrogens is 425 g/mol. The topological polar surface area (TPSA) is 38.1 Å². The Kier molecular flexibility index (Phi) is 6.37. The van der Waals surface area contributed by atoms with E-state index >= 15 is 0 Å². The van der Waals surface area contributed by atoms with Crippen molar-refractivity contribution < 1.29 is 4.39 Å². The van der Waals surface area contributed by atoms with Crippen LogP contribution in [0.1, 0.15) is 39.8 Å². The molecule has 4 aromatic rings. The van der Waals surface area contributed by atoms with Gasteiger partial charge in [-0.05, 0) is 48.6 Å². The molecule has 2 heterocycles. The number of hydrogen-bond acceptors (Lipinski definition) is 3. The fraction of sp³-hybridized carbons (Fsp3) is 0.241. The molecule has 1 aliphatic rings. The average molecular weight is 454 g/mol. The third-order valence-electron chi connectivity index (χ3n) is 6.64. The van der Waals surface area contributed by atoms with Crippen LogP contribution in [0.15, 0.2) is 89.7 Å². The number of halogens is 1. The highest BCUT2D eigenvalue weighted by Gasteiger charge is 2.26. The predicted octanol–water partition coefficient (Wildman–Crippen LogP) is 4.93. The van der Waals surface area contributed by atoms with E-state index in [1.54, 1.807) is 0 Å². The molecule has 0 N–H and O–H groups in total. The average Bonchev–Trinajstić information content (AvgIpc) is 2.87. The minimum atomic E-state index is -0.218. The summed E-state index contributed by atoms with van der Waals surface area (Å²) in [6.45, 7) is 4.26. The maximum atomic E-state index is 13.8. The summed E-state index contributed by atoms with van der Waals surface area (Å²) in [5.41, 5.74) is 5.00. The third kappa shape index (κ3) is 4.57. The molecule has 5 heteroatoms. The second-order valence-electron chi connectivity index (χ2n) is 8.89. The Morgan fingerprint density at radius 1 is 0.912 bits per heavy atom. The molecule has 4 nitrogen and oxygen atoms in total. The van der Waals surface area contributed by atoms with Crippen LogP contribution in [0.25, 0.3) is 0 Å². The monoisotopic (exact) mass is 453 g/mol. The lowest BCUT2D eigenvalue weighted by Gasteiger charge is -2.30. The van der Waals surface area contributed by atoms with Crippen molar-refractivity contribution in [2.24, 2.45) is 0 Å². The Hall–Kier alpha value is -3.57. The Morgan fingerprint density at radius 3 is 2.15 bits per heavy atom. The van der Waals surface area contributed by atoms with Crippen LogP contribution in [0.3, 0.4) is 0 Å². The van der Waals surface area contributed by atoms with Crippen LogP contribution in [-0.4, -0.2) is 27.5 Å². The third-order valence-corrected chi connectivity index (χ3v) is 6.64. The van der Waals surface area contributed by atoms with Gasteiger partial charge in [0.2, 0.25) is 0 Å². The van der Waals surface area contributed by atoms with E-state index in [-0.39, 0.29) is 17.4 Å². The van der Waals surface area contributed by atoms with Crippen molar-refractivity contribution >= 4 is 0 Å². The summed E-state index contributed by atoms with van der Waals surface area (Å²) in [6, 6.07) is 26.8. The summed E-state index contributed by atoms with van der Waals surface area (Å²) < 4.78 is 15.0. The minimum Gasteiger partial charge on any atom is -0.297 e. The van der Waals surface area contributed by atoms with Crippen LogP contribution in [0.4, 0.5) is 4.39 Å². The number of rotatable bonds is 6. The second-order valence-corrected chi connectivity index (χ2v) is 8.89. The molecule has 1 aliphatic heterocycles. The number of hydrogen-bond donors (Lipinski definition) is 0. The molecule has 0 radical (unpaired) electrons. The van der Waals surface area contributed by atoms with Gasteiger partial charge >= 0.3 is 0 Å². The molecule has 0 saturated heterocycles.